The van der Waals surface area contributed by atoms with Crippen molar-refractivity contribution in [3.63, 3.8) is 0 Å². The van der Waals surface area contributed by atoms with Crippen LogP contribution in [-0.2, 0) is 10.0 Å². The Bertz CT molecular complexity index is 400. The molecule has 0 unspecified atom stereocenters. The molecule has 0 saturated heterocycles. The third-order valence-corrected chi connectivity index (χ3v) is 3.37. The van der Waals surface area contributed by atoms with Crippen LogP contribution in [0.1, 0.15) is 0 Å². The second kappa shape index (κ2) is 3.31. The molecule has 0 spiro atoms. The van der Waals surface area contributed by atoms with Crippen LogP contribution in [0.4, 0.5) is 0 Å². The molecule has 6 heteroatoms. The van der Waals surface area contributed by atoms with E-state index in [1.807, 2.05) is 0 Å². The largest absolute Gasteiger partial charge is 0.248 e. The van der Waals surface area contributed by atoms with Gasteiger partial charge in [-0.3, -0.25) is 0 Å². The van der Waals surface area contributed by atoms with Crippen molar-refractivity contribution in [2.45, 2.75) is 4.90 Å². The molecule has 1 aromatic heterocycles. The van der Waals surface area contributed by atoms with Gasteiger partial charge < -0.3 is 0 Å². The number of aromatic nitrogens is 1. The van der Waals surface area contributed by atoms with Gasteiger partial charge in [0.25, 0.3) is 0 Å². The zero-order chi connectivity index (χ0) is 10.1. The molecule has 0 bridgehead atoms. The molecule has 0 saturated carbocycles. The van der Waals surface area contributed by atoms with E-state index in [1.165, 1.54) is 31.0 Å². The minimum atomic E-state index is -3.37. The SMILES string of the molecule is CN(C)S(=O)(=O)c1ccc[n+](N)c1. The van der Waals surface area contributed by atoms with Gasteiger partial charge in [-0.05, 0) is 6.07 Å². The Morgan fingerprint density at radius 3 is 2.54 bits per heavy atom. The second-order valence-corrected chi connectivity index (χ2v) is 4.93. The van der Waals surface area contributed by atoms with E-state index in [4.69, 9.17) is 5.84 Å². The predicted octanol–water partition coefficient (Wildman–Crippen LogP) is -1.06. The Balaban J connectivity index is 3.24. The molecule has 2 N–H and O–H groups in total. The highest BCUT2D eigenvalue weighted by molar-refractivity contribution is 7.89. The Morgan fingerprint density at radius 2 is 2.08 bits per heavy atom. The molecule has 0 atom stereocenters. The lowest BCUT2D eigenvalue weighted by Crippen LogP contribution is -2.44. The van der Waals surface area contributed by atoms with Gasteiger partial charge in [-0.1, -0.05) is 4.68 Å². The average Bonchev–Trinajstić information content (AvgIpc) is 2.04. The number of nitrogens with two attached hydrogens (primary N) is 1. The summed E-state index contributed by atoms with van der Waals surface area (Å²) in [6, 6.07) is 3.08. The molecule has 0 amide bonds. The number of hydrogen-bond donors (Lipinski definition) is 1. The molecule has 0 aliphatic carbocycles. The molecule has 1 heterocycles. The average molecular weight is 202 g/mol. The van der Waals surface area contributed by atoms with Crippen molar-refractivity contribution < 1.29 is 13.1 Å². The zero-order valence-corrected chi connectivity index (χ0v) is 8.32. The molecule has 1 aromatic rings. The lowest BCUT2D eigenvalue weighted by molar-refractivity contribution is -0.641. The minimum absolute atomic E-state index is 0.183. The van der Waals surface area contributed by atoms with Crippen LogP contribution in [-0.4, -0.2) is 26.8 Å². The molecule has 5 nitrogen and oxygen atoms in total. The standard InChI is InChI=1S/C7H12N3O2S/c1-9(2)13(11,12)7-4-3-5-10(8)6-7/h3-6H,8H2,1-2H3/q+1. The second-order valence-electron chi connectivity index (χ2n) is 2.77. The highest BCUT2D eigenvalue weighted by Gasteiger charge is 2.19. The highest BCUT2D eigenvalue weighted by atomic mass is 32.2. The minimum Gasteiger partial charge on any atom is -0.207 e. The van der Waals surface area contributed by atoms with Gasteiger partial charge in [-0.25, -0.2) is 18.6 Å². The number of nitrogens with zero attached hydrogens (tertiary/aromatic N) is 2. The topological polar surface area (TPSA) is 67.3 Å². The summed E-state index contributed by atoms with van der Waals surface area (Å²) in [5, 5.41) is 0. The summed E-state index contributed by atoms with van der Waals surface area (Å²) in [4.78, 5) is 0.183. The molecule has 1 rings (SSSR count). The fourth-order valence-corrected chi connectivity index (χ4v) is 1.76. The number of rotatable bonds is 2. The van der Waals surface area contributed by atoms with Crippen molar-refractivity contribution in [2.75, 3.05) is 19.9 Å². The Labute approximate surface area is 77.4 Å². The molecule has 0 aliphatic rings. The van der Waals surface area contributed by atoms with E-state index in [1.54, 1.807) is 12.3 Å². The van der Waals surface area contributed by atoms with Crippen molar-refractivity contribution in [1.29, 1.82) is 0 Å². The van der Waals surface area contributed by atoms with Gasteiger partial charge in [0.15, 0.2) is 6.20 Å². The predicted molar refractivity (Wildman–Crippen MR) is 47.7 cm³/mol. The van der Waals surface area contributed by atoms with Crippen molar-refractivity contribution in [3.8, 4) is 0 Å². The summed E-state index contributed by atoms with van der Waals surface area (Å²) in [7, 11) is -0.416. The summed E-state index contributed by atoms with van der Waals surface area (Å²) in [6.45, 7) is 0. The van der Waals surface area contributed by atoms with Crippen LogP contribution in [0.15, 0.2) is 29.4 Å². The van der Waals surface area contributed by atoms with E-state index < -0.39 is 10.0 Å². The lowest BCUT2D eigenvalue weighted by Gasteiger charge is -2.08. The maximum Gasteiger partial charge on any atom is 0.248 e. The van der Waals surface area contributed by atoms with Crippen molar-refractivity contribution in [2.24, 2.45) is 0 Å². The smallest absolute Gasteiger partial charge is 0.207 e. The van der Waals surface area contributed by atoms with Gasteiger partial charge >= 0.3 is 0 Å². The molecule has 0 aliphatic heterocycles. The summed E-state index contributed by atoms with van der Waals surface area (Å²) in [5.74, 6) is 5.39. The number of nitrogen functional groups attached to an aromatic ring is 1. The molecule has 72 valence electrons. The summed E-state index contributed by atoms with van der Waals surface area (Å²) < 4.78 is 25.4. The first-order valence-corrected chi connectivity index (χ1v) is 5.07. The number of hydrogen-bond acceptors (Lipinski definition) is 3. The maximum atomic E-state index is 11.5. The van der Waals surface area contributed by atoms with Gasteiger partial charge in [-0.2, -0.15) is 0 Å². The van der Waals surface area contributed by atoms with Crippen LogP contribution in [0, 0.1) is 0 Å². The van der Waals surface area contributed by atoms with Gasteiger partial charge in [-0.15, -0.1) is 0 Å². The van der Waals surface area contributed by atoms with E-state index in [9.17, 15) is 8.42 Å². The first-order valence-electron chi connectivity index (χ1n) is 3.63. The highest BCUT2D eigenvalue weighted by Crippen LogP contribution is 2.08. The van der Waals surface area contributed by atoms with E-state index in [0.717, 1.165) is 4.31 Å². The number of pyridine rings is 1. The van der Waals surface area contributed by atoms with E-state index >= 15 is 0 Å². The fraction of sp³-hybridized carbons (Fsp3) is 0.286. The summed E-state index contributed by atoms with van der Waals surface area (Å²) in [6.07, 6.45) is 2.92. The molecule has 0 fully saturated rings. The first-order chi connectivity index (χ1) is 5.94. The van der Waals surface area contributed by atoms with Gasteiger partial charge in [0.1, 0.15) is 4.90 Å². The fourth-order valence-electron chi connectivity index (χ4n) is 0.834. The van der Waals surface area contributed by atoms with Crippen molar-refractivity contribution in [1.82, 2.24) is 4.31 Å². The van der Waals surface area contributed by atoms with Crippen LogP contribution < -0.4 is 10.5 Å². The lowest BCUT2D eigenvalue weighted by atomic mass is 10.5. The summed E-state index contributed by atoms with van der Waals surface area (Å²) >= 11 is 0. The molecule has 13 heavy (non-hydrogen) atoms. The Hall–Kier alpha value is -1.14. The van der Waals surface area contributed by atoms with Crippen molar-refractivity contribution >= 4 is 10.0 Å². The normalized spacial score (nSPS) is 11.9. The van der Waals surface area contributed by atoms with Gasteiger partial charge in [0.05, 0.1) is 0 Å². The van der Waals surface area contributed by atoms with Crippen LogP contribution in [0.5, 0.6) is 0 Å². The monoisotopic (exact) mass is 202 g/mol. The molecular formula is C7H12N3O2S+. The van der Waals surface area contributed by atoms with Crippen molar-refractivity contribution in [3.05, 3.63) is 24.5 Å². The third kappa shape index (κ3) is 1.96. The quantitative estimate of drug-likeness (QED) is 0.491. The Morgan fingerprint density at radius 1 is 1.46 bits per heavy atom. The maximum absolute atomic E-state index is 11.5. The molecule has 0 radical (unpaired) electrons. The van der Waals surface area contributed by atoms with Crippen LogP contribution in [0.3, 0.4) is 0 Å². The molecular weight excluding hydrogens is 190 g/mol. The zero-order valence-electron chi connectivity index (χ0n) is 7.51. The molecule has 0 aromatic carbocycles. The van der Waals surface area contributed by atoms with Crippen LogP contribution in [0.2, 0.25) is 0 Å². The van der Waals surface area contributed by atoms with Gasteiger partial charge in [0, 0.05) is 20.2 Å². The van der Waals surface area contributed by atoms with Crippen LogP contribution in [0.25, 0.3) is 0 Å². The third-order valence-electron chi connectivity index (χ3n) is 1.57. The first kappa shape index (κ1) is 9.94. The van der Waals surface area contributed by atoms with Crippen LogP contribution >= 0.6 is 0 Å². The summed E-state index contributed by atoms with van der Waals surface area (Å²) in [5.41, 5.74) is 0. The van der Waals surface area contributed by atoms with Gasteiger partial charge in [0.2, 0.25) is 16.2 Å². The van der Waals surface area contributed by atoms with E-state index in [0.29, 0.717) is 0 Å². The number of sulfonamides is 1. The Kier molecular flexibility index (Phi) is 2.53. The van der Waals surface area contributed by atoms with E-state index in [2.05, 4.69) is 0 Å². The van der Waals surface area contributed by atoms with E-state index in [-0.39, 0.29) is 4.90 Å².